The highest BCUT2D eigenvalue weighted by molar-refractivity contribution is 9.10. The van der Waals surface area contributed by atoms with Crippen LogP contribution in [0.3, 0.4) is 0 Å². The van der Waals surface area contributed by atoms with Crippen molar-refractivity contribution in [3.05, 3.63) is 22.7 Å². The number of hydrogen-bond donors (Lipinski definition) is 2. The van der Waals surface area contributed by atoms with Gasteiger partial charge in [-0.1, -0.05) is 13.8 Å². The third-order valence-electron chi connectivity index (χ3n) is 2.06. The number of halogens is 1. The van der Waals surface area contributed by atoms with E-state index in [9.17, 15) is 0 Å². The van der Waals surface area contributed by atoms with Crippen LogP contribution in [0.1, 0.15) is 13.8 Å². The second kappa shape index (κ2) is 6.49. The van der Waals surface area contributed by atoms with Crippen LogP contribution in [0.4, 0.5) is 5.69 Å². The van der Waals surface area contributed by atoms with Crippen molar-refractivity contribution in [3.63, 3.8) is 0 Å². The van der Waals surface area contributed by atoms with Crippen LogP contribution in [0.15, 0.2) is 27.7 Å². The summed E-state index contributed by atoms with van der Waals surface area (Å²) in [4.78, 5) is 4.24. The molecular formula is C12H18BrN3O. The van der Waals surface area contributed by atoms with Gasteiger partial charge in [-0.05, 0) is 34.0 Å². The summed E-state index contributed by atoms with van der Waals surface area (Å²) in [5, 5.41) is 3.04. The molecule has 0 heterocycles. The average molecular weight is 300 g/mol. The van der Waals surface area contributed by atoms with Gasteiger partial charge in [0.25, 0.3) is 0 Å². The first-order chi connectivity index (χ1) is 8.02. The van der Waals surface area contributed by atoms with Gasteiger partial charge < -0.3 is 15.8 Å². The van der Waals surface area contributed by atoms with Crippen molar-refractivity contribution in [2.45, 2.75) is 13.8 Å². The number of guanidine groups is 1. The minimum absolute atomic E-state index is 0.410. The zero-order valence-electron chi connectivity index (χ0n) is 10.3. The second-order valence-corrected chi connectivity index (χ2v) is 4.94. The minimum Gasteiger partial charge on any atom is -0.497 e. The highest BCUT2D eigenvalue weighted by Crippen LogP contribution is 2.26. The lowest BCUT2D eigenvalue weighted by atomic mass is 10.2. The maximum absolute atomic E-state index is 5.79. The molecule has 4 nitrogen and oxygen atoms in total. The minimum atomic E-state index is 0.410. The van der Waals surface area contributed by atoms with E-state index in [1.54, 1.807) is 7.11 Å². The standard InChI is InChI=1S/C12H18BrN3O/c1-8(2)7-15-12(14)16-11-6-9(17-3)4-5-10(11)13/h4-6,8H,7H2,1-3H3,(H3,14,15,16). The van der Waals surface area contributed by atoms with Crippen molar-refractivity contribution in [2.75, 3.05) is 19.0 Å². The first-order valence-electron chi connectivity index (χ1n) is 5.43. The molecule has 0 atom stereocenters. The average Bonchev–Trinajstić information content (AvgIpc) is 2.29. The Hall–Kier alpha value is -1.23. The second-order valence-electron chi connectivity index (χ2n) is 4.09. The molecule has 3 N–H and O–H groups in total. The van der Waals surface area contributed by atoms with Gasteiger partial charge in [-0.3, -0.25) is 4.99 Å². The number of methoxy groups -OCH3 is 1. The molecule has 94 valence electrons. The Morgan fingerprint density at radius 3 is 2.82 bits per heavy atom. The van der Waals surface area contributed by atoms with Crippen molar-refractivity contribution in [1.29, 1.82) is 0 Å². The van der Waals surface area contributed by atoms with Crippen LogP contribution >= 0.6 is 15.9 Å². The molecule has 0 aliphatic rings. The van der Waals surface area contributed by atoms with Crippen LogP contribution in [0.25, 0.3) is 0 Å². The molecule has 0 bridgehead atoms. The Bertz CT molecular complexity index is 405. The number of nitrogens with two attached hydrogens (primary N) is 1. The first-order valence-corrected chi connectivity index (χ1v) is 6.22. The summed E-state index contributed by atoms with van der Waals surface area (Å²) in [5.41, 5.74) is 6.63. The van der Waals surface area contributed by atoms with Gasteiger partial charge in [0.1, 0.15) is 5.75 Å². The topological polar surface area (TPSA) is 59.6 Å². The third kappa shape index (κ3) is 4.65. The molecular weight excluding hydrogens is 282 g/mol. The quantitative estimate of drug-likeness (QED) is 0.664. The molecule has 5 heteroatoms. The van der Waals surface area contributed by atoms with Crippen molar-refractivity contribution in [2.24, 2.45) is 16.6 Å². The van der Waals surface area contributed by atoms with E-state index < -0.39 is 0 Å². The number of aliphatic imine (C=N–C) groups is 1. The summed E-state index contributed by atoms with van der Waals surface area (Å²) in [6.07, 6.45) is 0. The molecule has 0 spiro atoms. The molecule has 0 radical (unpaired) electrons. The zero-order chi connectivity index (χ0) is 12.8. The number of anilines is 1. The maximum Gasteiger partial charge on any atom is 0.193 e. The fraction of sp³-hybridized carbons (Fsp3) is 0.417. The monoisotopic (exact) mass is 299 g/mol. The summed E-state index contributed by atoms with van der Waals surface area (Å²) >= 11 is 3.44. The van der Waals surface area contributed by atoms with Crippen LogP contribution in [0, 0.1) is 5.92 Å². The summed E-state index contributed by atoms with van der Waals surface area (Å²) in [6.45, 7) is 4.90. The van der Waals surface area contributed by atoms with Crippen LogP contribution in [0.5, 0.6) is 5.75 Å². The Morgan fingerprint density at radius 2 is 2.24 bits per heavy atom. The number of benzene rings is 1. The first kappa shape index (κ1) is 13.8. The van der Waals surface area contributed by atoms with Crippen LogP contribution < -0.4 is 15.8 Å². The van der Waals surface area contributed by atoms with E-state index in [2.05, 4.69) is 40.1 Å². The van der Waals surface area contributed by atoms with E-state index in [0.717, 1.165) is 15.9 Å². The molecule has 1 aromatic rings. The van der Waals surface area contributed by atoms with E-state index in [0.29, 0.717) is 18.4 Å². The summed E-state index contributed by atoms with van der Waals surface area (Å²) < 4.78 is 6.07. The van der Waals surface area contributed by atoms with E-state index in [1.165, 1.54) is 0 Å². The molecule has 17 heavy (non-hydrogen) atoms. The fourth-order valence-corrected chi connectivity index (χ4v) is 1.53. The summed E-state index contributed by atoms with van der Waals surface area (Å²) in [5.74, 6) is 1.67. The van der Waals surface area contributed by atoms with E-state index in [-0.39, 0.29) is 0 Å². The molecule has 1 aromatic carbocycles. The molecule has 0 aliphatic carbocycles. The number of rotatable bonds is 4. The molecule has 0 unspecified atom stereocenters. The lowest BCUT2D eigenvalue weighted by Crippen LogP contribution is -2.23. The highest BCUT2D eigenvalue weighted by Gasteiger charge is 2.03. The lowest BCUT2D eigenvalue weighted by molar-refractivity contribution is 0.415. The maximum atomic E-state index is 5.79. The lowest BCUT2D eigenvalue weighted by Gasteiger charge is -2.10. The highest BCUT2D eigenvalue weighted by atomic mass is 79.9. The molecule has 0 fully saturated rings. The predicted octanol–water partition coefficient (Wildman–Crippen LogP) is 2.84. The molecule has 0 aromatic heterocycles. The van der Waals surface area contributed by atoms with E-state index in [1.807, 2.05) is 18.2 Å². The number of nitrogens with one attached hydrogen (secondary N) is 1. The third-order valence-corrected chi connectivity index (χ3v) is 2.75. The smallest absolute Gasteiger partial charge is 0.193 e. The van der Waals surface area contributed by atoms with Gasteiger partial charge in [0, 0.05) is 17.1 Å². The van der Waals surface area contributed by atoms with Crippen molar-refractivity contribution in [1.82, 2.24) is 0 Å². The fourth-order valence-electron chi connectivity index (χ4n) is 1.19. The van der Waals surface area contributed by atoms with E-state index in [4.69, 9.17) is 10.5 Å². The Morgan fingerprint density at radius 1 is 1.53 bits per heavy atom. The number of nitrogens with zero attached hydrogens (tertiary/aromatic N) is 1. The molecule has 0 saturated carbocycles. The summed E-state index contributed by atoms with van der Waals surface area (Å²) in [7, 11) is 1.63. The Labute approximate surface area is 110 Å². The Balaban J connectivity index is 2.76. The molecule has 0 amide bonds. The number of hydrogen-bond acceptors (Lipinski definition) is 2. The van der Waals surface area contributed by atoms with Crippen LogP contribution in [-0.2, 0) is 0 Å². The predicted molar refractivity (Wildman–Crippen MR) is 75.6 cm³/mol. The largest absolute Gasteiger partial charge is 0.497 e. The van der Waals surface area contributed by atoms with Crippen molar-refractivity contribution in [3.8, 4) is 5.75 Å². The van der Waals surface area contributed by atoms with Gasteiger partial charge in [0.2, 0.25) is 0 Å². The van der Waals surface area contributed by atoms with E-state index >= 15 is 0 Å². The van der Waals surface area contributed by atoms with Crippen LogP contribution in [-0.4, -0.2) is 19.6 Å². The van der Waals surface area contributed by atoms with Gasteiger partial charge in [0.15, 0.2) is 5.96 Å². The SMILES string of the molecule is COc1ccc(Br)c(NC(N)=NCC(C)C)c1. The van der Waals surface area contributed by atoms with Gasteiger partial charge in [-0.15, -0.1) is 0 Å². The van der Waals surface area contributed by atoms with Crippen molar-refractivity contribution >= 4 is 27.6 Å². The summed E-state index contributed by atoms with van der Waals surface area (Å²) in [6, 6.07) is 5.63. The number of ether oxygens (including phenoxy) is 1. The van der Waals surface area contributed by atoms with Crippen molar-refractivity contribution < 1.29 is 4.74 Å². The van der Waals surface area contributed by atoms with Gasteiger partial charge in [0.05, 0.1) is 12.8 Å². The van der Waals surface area contributed by atoms with Crippen LogP contribution in [0.2, 0.25) is 0 Å². The Kier molecular flexibility index (Phi) is 5.28. The van der Waals surface area contributed by atoms with Gasteiger partial charge >= 0.3 is 0 Å². The molecule has 0 aliphatic heterocycles. The van der Waals surface area contributed by atoms with Gasteiger partial charge in [-0.2, -0.15) is 0 Å². The normalized spacial score (nSPS) is 11.7. The molecule has 1 rings (SSSR count). The zero-order valence-corrected chi connectivity index (χ0v) is 11.9. The van der Waals surface area contributed by atoms with Gasteiger partial charge in [-0.25, -0.2) is 0 Å². The molecule has 0 saturated heterocycles.